The van der Waals surface area contributed by atoms with Crippen molar-refractivity contribution in [3.63, 3.8) is 0 Å². The molecular formula is C30H31N5O4S. The molecule has 9 nitrogen and oxygen atoms in total. The van der Waals surface area contributed by atoms with Gasteiger partial charge in [0.2, 0.25) is 0 Å². The molecular weight excluding hydrogens is 526 g/mol. The summed E-state index contributed by atoms with van der Waals surface area (Å²) >= 11 is 1.48. The number of ether oxygens (including phenoxy) is 2. The van der Waals surface area contributed by atoms with E-state index in [9.17, 15) is 9.59 Å². The number of methoxy groups -OCH3 is 1. The van der Waals surface area contributed by atoms with Crippen LogP contribution >= 0.6 is 11.8 Å². The molecule has 206 valence electrons. The lowest BCUT2D eigenvalue weighted by atomic mass is 10.1. The van der Waals surface area contributed by atoms with Gasteiger partial charge in [0.1, 0.15) is 16.5 Å². The molecule has 1 saturated heterocycles. The number of thioether (sulfide) groups is 1. The number of amides is 1. The van der Waals surface area contributed by atoms with E-state index < -0.39 is 5.97 Å². The maximum atomic E-state index is 13.1. The van der Waals surface area contributed by atoms with Crippen LogP contribution in [0.25, 0.3) is 16.9 Å². The second-order valence-electron chi connectivity index (χ2n) is 9.11. The number of esters is 1. The highest BCUT2D eigenvalue weighted by Gasteiger charge is 2.25. The van der Waals surface area contributed by atoms with Crippen LogP contribution in [-0.4, -0.2) is 77.7 Å². The van der Waals surface area contributed by atoms with Crippen LogP contribution in [0.3, 0.4) is 0 Å². The highest BCUT2D eigenvalue weighted by atomic mass is 32.2. The van der Waals surface area contributed by atoms with E-state index in [1.807, 2.05) is 53.6 Å². The first-order valence-corrected chi connectivity index (χ1v) is 14.3. The Hall–Kier alpha value is -4.31. The van der Waals surface area contributed by atoms with Crippen molar-refractivity contribution in [2.45, 2.75) is 11.9 Å². The Morgan fingerprint density at radius 1 is 0.975 bits per heavy atom. The second kappa shape index (κ2) is 12.3. The predicted octanol–water partition coefficient (Wildman–Crippen LogP) is 4.80. The molecule has 2 aromatic heterocycles. The van der Waals surface area contributed by atoms with Gasteiger partial charge in [0.25, 0.3) is 5.91 Å². The number of piperazine rings is 1. The molecule has 0 unspecified atom stereocenters. The zero-order valence-electron chi connectivity index (χ0n) is 22.7. The number of hydrogen-bond donors (Lipinski definition) is 0. The Morgan fingerprint density at radius 3 is 2.42 bits per heavy atom. The van der Waals surface area contributed by atoms with Crippen molar-refractivity contribution in [1.29, 1.82) is 0 Å². The van der Waals surface area contributed by atoms with Gasteiger partial charge >= 0.3 is 5.97 Å². The predicted molar refractivity (Wildman–Crippen MR) is 156 cm³/mol. The van der Waals surface area contributed by atoms with E-state index in [2.05, 4.69) is 27.1 Å². The van der Waals surface area contributed by atoms with Crippen LogP contribution in [0.15, 0.2) is 78.0 Å². The van der Waals surface area contributed by atoms with Gasteiger partial charge in [-0.25, -0.2) is 14.5 Å². The van der Waals surface area contributed by atoms with Crippen molar-refractivity contribution in [2.24, 2.45) is 0 Å². The molecule has 0 aliphatic carbocycles. The normalized spacial score (nSPS) is 13.3. The average Bonchev–Trinajstić information content (AvgIpc) is 3.46. The van der Waals surface area contributed by atoms with E-state index in [4.69, 9.17) is 9.47 Å². The molecule has 1 amide bonds. The molecule has 10 heteroatoms. The molecule has 0 bridgehead atoms. The number of anilines is 1. The number of nitrogens with zero attached hydrogens (tertiary/aromatic N) is 5. The summed E-state index contributed by atoms with van der Waals surface area (Å²) < 4.78 is 12.5. The van der Waals surface area contributed by atoms with Gasteiger partial charge < -0.3 is 19.3 Å². The van der Waals surface area contributed by atoms with Crippen molar-refractivity contribution >= 4 is 29.3 Å². The number of rotatable bonds is 8. The van der Waals surface area contributed by atoms with Crippen molar-refractivity contribution in [3.05, 3.63) is 84.2 Å². The fourth-order valence-corrected chi connectivity index (χ4v) is 5.32. The highest BCUT2D eigenvalue weighted by Crippen LogP contribution is 2.31. The minimum absolute atomic E-state index is 0.0226. The first-order valence-electron chi connectivity index (χ1n) is 13.1. The van der Waals surface area contributed by atoms with Crippen molar-refractivity contribution < 1.29 is 19.1 Å². The van der Waals surface area contributed by atoms with E-state index in [0.29, 0.717) is 24.4 Å². The molecule has 40 heavy (non-hydrogen) atoms. The number of benzene rings is 2. The van der Waals surface area contributed by atoms with Crippen LogP contribution < -0.4 is 9.64 Å². The summed E-state index contributed by atoms with van der Waals surface area (Å²) in [7, 11) is 1.61. The number of pyridine rings is 1. The van der Waals surface area contributed by atoms with E-state index in [1.54, 1.807) is 37.0 Å². The van der Waals surface area contributed by atoms with E-state index in [1.165, 1.54) is 11.8 Å². The smallest absolute Gasteiger partial charge is 0.358 e. The van der Waals surface area contributed by atoms with Gasteiger partial charge in [0.05, 0.1) is 25.0 Å². The quantitative estimate of drug-likeness (QED) is 0.225. The van der Waals surface area contributed by atoms with Crippen molar-refractivity contribution in [3.8, 4) is 22.7 Å². The Labute approximate surface area is 237 Å². The Bertz CT molecular complexity index is 1500. The van der Waals surface area contributed by atoms with Gasteiger partial charge in [0.15, 0.2) is 5.69 Å². The molecule has 1 fully saturated rings. The van der Waals surface area contributed by atoms with Gasteiger partial charge in [-0.15, -0.1) is 11.8 Å². The number of carbonyl (C=O) groups excluding carboxylic acids is 2. The topological polar surface area (TPSA) is 89.8 Å². The zero-order valence-corrected chi connectivity index (χ0v) is 23.6. The lowest BCUT2D eigenvalue weighted by molar-refractivity contribution is 0.0518. The van der Waals surface area contributed by atoms with Crippen LogP contribution in [0, 0.1) is 0 Å². The van der Waals surface area contributed by atoms with Gasteiger partial charge in [-0.2, -0.15) is 5.10 Å². The standard InChI is InChI=1S/C30H31N5O4S/c1-4-39-30(37)24-20-26(35(32-24)25-9-5-6-10-27(25)38-2)21-11-13-22(14-12-21)33-16-18-34(19-17-33)29(36)23-8-7-15-31-28(23)40-3/h5-15,20H,4,16-19H2,1-3H3. The molecule has 4 aromatic rings. The summed E-state index contributed by atoms with van der Waals surface area (Å²) in [6.45, 7) is 4.76. The molecule has 0 spiro atoms. The number of hydrogen-bond acceptors (Lipinski definition) is 8. The molecule has 0 saturated carbocycles. The summed E-state index contributed by atoms with van der Waals surface area (Å²) in [6.07, 6.45) is 3.65. The molecule has 0 radical (unpaired) electrons. The third-order valence-corrected chi connectivity index (χ3v) is 7.51. The van der Waals surface area contributed by atoms with Crippen LogP contribution in [0.5, 0.6) is 5.75 Å². The van der Waals surface area contributed by atoms with Gasteiger partial charge in [0, 0.05) is 43.6 Å². The molecule has 0 atom stereocenters. The van der Waals surface area contributed by atoms with Gasteiger partial charge in [-0.05, 0) is 55.6 Å². The maximum absolute atomic E-state index is 13.1. The zero-order chi connectivity index (χ0) is 28.1. The highest BCUT2D eigenvalue weighted by molar-refractivity contribution is 7.98. The first kappa shape index (κ1) is 27.3. The Balaban J connectivity index is 1.35. The minimum atomic E-state index is -0.475. The Morgan fingerprint density at radius 2 is 1.73 bits per heavy atom. The fourth-order valence-electron chi connectivity index (χ4n) is 4.78. The van der Waals surface area contributed by atoms with E-state index in [0.717, 1.165) is 40.7 Å². The van der Waals surface area contributed by atoms with Crippen LogP contribution in [0.1, 0.15) is 27.8 Å². The first-order chi connectivity index (χ1) is 19.5. The number of carbonyl (C=O) groups is 2. The van der Waals surface area contributed by atoms with Crippen molar-refractivity contribution in [1.82, 2.24) is 19.7 Å². The van der Waals surface area contributed by atoms with Crippen LogP contribution in [0.4, 0.5) is 5.69 Å². The lowest BCUT2D eigenvalue weighted by Gasteiger charge is -2.36. The second-order valence-corrected chi connectivity index (χ2v) is 9.90. The van der Waals surface area contributed by atoms with E-state index in [-0.39, 0.29) is 18.2 Å². The van der Waals surface area contributed by atoms with Crippen LogP contribution in [0.2, 0.25) is 0 Å². The van der Waals surface area contributed by atoms with E-state index >= 15 is 0 Å². The molecule has 0 N–H and O–H groups in total. The SMILES string of the molecule is CCOC(=O)c1cc(-c2ccc(N3CCN(C(=O)c4cccnc4SC)CC3)cc2)n(-c2ccccc2OC)n1. The fraction of sp³-hybridized carbons (Fsp3) is 0.267. The molecule has 1 aliphatic rings. The summed E-state index contributed by atoms with van der Waals surface area (Å²) in [5.41, 5.74) is 4.31. The summed E-state index contributed by atoms with van der Waals surface area (Å²) in [4.78, 5) is 34.1. The average molecular weight is 558 g/mol. The molecule has 2 aromatic carbocycles. The van der Waals surface area contributed by atoms with Gasteiger partial charge in [-0.1, -0.05) is 24.3 Å². The third kappa shape index (κ3) is 5.53. The lowest BCUT2D eigenvalue weighted by Crippen LogP contribution is -2.48. The molecule has 5 rings (SSSR count). The number of aromatic nitrogens is 3. The largest absolute Gasteiger partial charge is 0.494 e. The van der Waals surface area contributed by atoms with Crippen molar-refractivity contribution in [2.75, 3.05) is 51.1 Å². The third-order valence-electron chi connectivity index (χ3n) is 6.80. The summed E-state index contributed by atoms with van der Waals surface area (Å²) in [5.74, 6) is 0.189. The maximum Gasteiger partial charge on any atom is 0.358 e. The monoisotopic (exact) mass is 557 g/mol. The van der Waals surface area contributed by atoms with Crippen LogP contribution in [-0.2, 0) is 4.74 Å². The van der Waals surface area contributed by atoms with Gasteiger partial charge in [-0.3, -0.25) is 4.79 Å². The summed E-state index contributed by atoms with van der Waals surface area (Å²) in [5, 5.41) is 5.32. The summed E-state index contributed by atoms with van der Waals surface area (Å²) in [6, 6.07) is 21.1. The molecule has 1 aliphatic heterocycles. The number of para-hydroxylation sites is 2. The molecule has 3 heterocycles. The minimum Gasteiger partial charge on any atom is -0.494 e. The Kier molecular flexibility index (Phi) is 8.35.